The van der Waals surface area contributed by atoms with Crippen LogP contribution in [-0.2, 0) is 11.2 Å². The number of hydrogen-bond donors (Lipinski definition) is 1. The van der Waals surface area contributed by atoms with Crippen LogP contribution in [0.25, 0.3) is 0 Å². The second-order valence-electron chi connectivity index (χ2n) is 4.35. The largest absolute Gasteiger partial charge is 0.399 e. The van der Waals surface area contributed by atoms with Gasteiger partial charge < -0.3 is 10.6 Å². The zero-order valence-electron chi connectivity index (χ0n) is 10.6. The molecule has 0 heterocycles. The van der Waals surface area contributed by atoms with Crippen molar-refractivity contribution in [3.8, 4) is 0 Å². The van der Waals surface area contributed by atoms with Gasteiger partial charge in [0.15, 0.2) is 0 Å². The van der Waals surface area contributed by atoms with Crippen LogP contribution in [-0.4, -0.2) is 13.0 Å². The molecule has 4 heteroatoms. The highest BCUT2D eigenvalue weighted by atomic mass is 19.1. The van der Waals surface area contributed by atoms with Crippen molar-refractivity contribution in [3.63, 3.8) is 0 Å². The first kappa shape index (κ1) is 13.1. The molecule has 19 heavy (non-hydrogen) atoms. The van der Waals surface area contributed by atoms with Gasteiger partial charge in [-0.3, -0.25) is 4.79 Å². The quantitative estimate of drug-likeness (QED) is 0.860. The second-order valence-corrected chi connectivity index (χ2v) is 4.35. The summed E-state index contributed by atoms with van der Waals surface area (Å²) in [6.07, 6.45) is 0.286. The molecule has 1 amide bonds. The van der Waals surface area contributed by atoms with Crippen LogP contribution >= 0.6 is 0 Å². The molecule has 98 valence electrons. The molecule has 3 nitrogen and oxygen atoms in total. The summed E-state index contributed by atoms with van der Waals surface area (Å²) < 4.78 is 12.8. The number of amides is 1. The Morgan fingerprint density at radius 2 is 1.68 bits per heavy atom. The van der Waals surface area contributed by atoms with Gasteiger partial charge in [-0.15, -0.1) is 0 Å². The highest BCUT2D eigenvalue weighted by Crippen LogP contribution is 2.15. The summed E-state index contributed by atoms with van der Waals surface area (Å²) in [5.74, 6) is -0.375. The number of nitrogens with zero attached hydrogens (tertiary/aromatic N) is 1. The number of likely N-dealkylation sites (N-methyl/N-ethyl adjacent to an activating group) is 1. The molecule has 0 saturated heterocycles. The lowest BCUT2D eigenvalue weighted by molar-refractivity contribution is -0.117. The maximum absolute atomic E-state index is 12.8. The van der Waals surface area contributed by atoms with Gasteiger partial charge in [0.05, 0.1) is 6.42 Å². The van der Waals surface area contributed by atoms with E-state index in [1.54, 1.807) is 31.3 Å². The van der Waals surface area contributed by atoms with E-state index in [4.69, 9.17) is 5.73 Å². The summed E-state index contributed by atoms with van der Waals surface area (Å²) in [7, 11) is 1.67. The third kappa shape index (κ3) is 3.31. The standard InChI is InChI=1S/C15H15FN2O/c1-18(14-8-4-12(16)5-9-14)15(19)10-11-2-6-13(17)7-3-11/h2-9H,10,17H2,1H3. The lowest BCUT2D eigenvalue weighted by Crippen LogP contribution is -2.27. The van der Waals surface area contributed by atoms with Crippen LogP contribution in [0.4, 0.5) is 15.8 Å². The molecule has 0 aromatic heterocycles. The second kappa shape index (κ2) is 5.52. The molecule has 0 aliphatic carbocycles. The van der Waals surface area contributed by atoms with E-state index in [-0.39, 0.29) is 18.1 Å². The summed E-state index contributed by atoms with van der Waals surface area (Å²) in [6.45, 7) is 0. The number of hydrogen-bond acceptors (Lipinski definition) is 2. The van der Waals surface area contributed by atoms with Crippen molar-refractivity contribution in [2.75, 3.05) is 17.7 Å². The number of nitrogens with two attached hydrogens (primary N) is 1. The topological polar surface area (TPSA) is 46.3 Å². The van der Waals surface area contributed by atoms with E-state index in [0.717, 1.165) is 5.56 Å². The maximum Gasteiger partial charge on any atom is 0.231 e. The number of halogens is 1. The van der Waals surface area contributed by atoms with Crippen molar-refractivity contribution < 1.29 is 9.18 Å². The van der Waals surface area contributed by atoms with Crippen molar-refractivity contribution in [1.82, 2.24) is 0 Å². The molecule has 0 bridgehead atoms. The van der Waals surface area contributed by atoms with Gasteiger partial charge in [-0.05, 0) is 42.0 Å². The van der Waals surface area contributed by atoms with Crippen LogP contribution in [0.3, 0.4) is 0 Å². The van der Waals surface area contributed by atoms with Crippen LogP contribution in [0.5, 0.6) is 0 Å². The van der Waals surface area contributed by atoms with Crippen molar-refractivity contribution in [1.29, 1.82) is 0 Å². The minimum Gasteiger partial charge on any atom is -0.399 e. The SMILES string of the molecule is CN(C(=O)Cc1ccc(N)cc1)c1ccc(F)cc1. The molecule has 2 N–H and O–H groups in total. The maximum atomic E-state index is 12.8. The molecule has 2 rings (SSSR count). The van der Waals surface area contributed by atoms with Crippen molar-refractivity contribution in [2.45, 2.75) is 6.42 Å². The van der Waals surface area contributed by atoms with Crippen molar-refractivity contribution in [2.24, 2.45) is 0 Å². The Balaban J connectivity index is 2.07. The summed E-state index contributed by atoms with van der Waals surface area (Å²) in [5, 5.41) is 0. The van der Waals surface area contributed by atoms with Gasteiger partial charge in [0.25, 0.3) is 0 Å². The smallest absolute Gasteiger partial charge is 0.231 e. The fourth-order valence-electron chi connectivity index (χ4n) is 1.74. The van der Waals surface area contributed by atoms with E-state index in [1.807, 2.05) is 12.1 Å². The normalized spacial score (nSPS) is 10.2. The Hall–Kier alpha value is -2.36. The van der Waals surface area contributed by atoms with Gasteiger partial charge in [0.2, 0.25) is 5.91 Å². The van der Waals surface area contributed by atoms with Gasteiger partial charge in [0.1, 0.15) is 5.82 Å². The van der Waals surface area contributed by atoms with E-state index in [1.165, 1.54) is 17.0 Å². The Kier molecular flexibility index (Phi) is 3.80. The van der Waals surface area contributed by atoms with E-state index in [0.29, 0.717) is 11.4 Å². The number of carbonyl (C=O) groups is 1. The van der Waals surface area contributed by atoms with E-state index in [2.05, 4.69) is 0 Å². The molecule has 2 aromatic carbocycles. The number of rotatable bonds is 3. The molecule has 0 aliphatic heterocycles. The number of carbonyl (C=O) groups excluding carboxylic acids is 1. The number of nitrogen functional groups attached to an aromatic ring is 1. The average molecular weight is 258 g/mol. The van der Waals surface area contributed by atoms with Gasteiger partial charge in [0, 0.05) is 18.4 Å². The molecule has 0 radical (unpaired) electrons. The minimum atomic E-state index is -0.317. The molecule has 0 saturated carbocycles. The van der Waals surface area contributed by atoms with Gasteiger partial charge in [-0.25, -0.2) is 4.39 Å². The first-order valence-corrected chi connectivity index (χ1v) is 5.93. The summed E-state index contributed by atoms with van der Waals surface area (Å²) in [4.78, 5) is 13.6. The minimum absolute atomic E-state index is 0.0589. The van der Waals surface area contributed by atoms with Crippen LogP contribution < -0.4 is 10.6 Å². The Labute approximate surface area is 111 Å². The summed E-state index contributed by atoms with van der Waals surface area (Å²) >= 11 is 0. The lowest BCUT2D eigenvalue weighted by Gasteiger charge is -2.17. The van der Waals surface area contributed by atoms with Crippen LogP contribution in [0.1, 0.15) is 5.56 Å². The molecular weight excluding hydrogens is 243 g/mol. The monoisotopic (exact) mass is 258 g/mol. The fraction of sp³-hybridized carbons (Fsp3) is 0.133. The average Bonchev–Trinajstić information content (AvgIpc) is 2.41. The van der Waals surface area contributed by atoms with Crippen LogP contribution in [0.2, 0.25) is 0 Å². The zero-order valence-corrected chi connectivity index (χ0v) is 10.6. The highest BCUT2D eigenvalue weighted by Gasteiger charge is 2.11. The van der Waals surface area contributed by atoms with E-state index in [9.17, 15) is 9.18 Å². The lowest BCUT2D eigenvalue weighted by atomic mass is 10.1. The molecule has 2 aromatic rings. The van der Waals surface area contributed by atoms with E-state index < -0.39 is 0 Å². The Morgan fingerprint density at radius 3 is 2.26 bits per heavy atom. The molecule has 0 aliphatic rings. The zero-order chi connectivity index (χ0) is 13.8. The third-order valence-electron chi connectivity index (χ3n) is 2.92. The third-order valence-corrected chi connectivity index (χ3v) is 2.92. The van der Waals surface area contributed by atoms with Gasteiger partial charge in [-0.2, -0.15) is 0 Å². The molecular formula is C15H15FN2O. The summed E-state index contributed by atoms with van der Waals surface area (Å²) in [5.41, 5.74) is 7.83. The first-order chi connectivity index (χ1) is 9.06. The van der Waals surface area contributed by atoms with Crippen molar-refractivity contribution in [3.05, 3.63) is 59.9 Å². The molecule has 0 atom stereocenters. The Morgan fingerprint density at radius 1 is 1.11 bits per heavy atom. The number of benzene rings is 2. The van der Waals surface area contributed by atoms with Crippen LogP contribution in [0.15, 0.2) is 48.5 Å². The van der Waals surface area contributed by atoms with Gasteiger partial charge in [-0.1, -0.05) is 12.1 Å². The van der Waals surface area contributed by atoms with Crippen LogP contribution in [0, 0.1) is 5.82 Å². The Bertz CT molecular complexity index is 564. The number of anilines is 2. The van der Waals surface area contributed by atoms with Crippen molar-refractivity contribution >= 4 is 17.3 Å². The molecule has 0 unspecified atom stereocenters. The molecule has 0 spiro atoms. The highest BCUT2D eigenvalue weighted by molar-refractivity contribution is 5.94. The van der Waals surface area contributed by atoms with Gasteiger partial charge >= 0.3 is 0 Å². The fourth-order valence-corrected chi connectivity index (χ4v) is 1.74. The predicted molar refractivity (Wildman–Crippen MR) is 74.4 cm³/mol. The predicted octanol–water partition coefficient (Wildman–Crippen LogP) is 2.61. The molecule has 0 fully saturated rings. The summed E-state index contributed by atoms with van der Waals surface area (Å²) in [6, 6.07) is 13.0. The first-order valence-electron chi connectivity index (χ1n) is 5.93. The van der Waals surface area contributed by atoms with E-state index >= 15 is 0 Å².